The minimum Gasteiger partial charge on any atom is -0.471 e. The van der Waals surface area contributed by atoms with Crippen LogP contribution in [0.3, 0.4) is 0 Å². The Morgan fingerprint density at radius 3 is 2.90 bits per heavy atom. The average Bonchev–Trinajstić information content (AvgIpc) is 3.31. The summed E-state index contributed by atoms with van der Waals surface area (Å²) in [5, 5.41) is 0. The van der Waals surface area contributed by atoms with Crippen LogP contribution in [-0.2, 0) is 11.8 Å². The van der Waals surface area contributed by atoms with Gasteiger partial charge in [0.05, 0.1) is 6.54 Å². The second-order valence-corrected chi connectivity index (χ2v) is 7.33. The van der Waals surface area contributed by atoms with Crippen LogP contribution in [-0.4, -0.2) is 49.5 Å². The zero-order chi connectivity index (χ0) is 20.5. The van der Waals surface area contributed by atoms with Crippen LogP contribution >= 0.6 is 0 Å². The topological polar surface area (TPSA) is 82.4 Å². The third kappa shape index (κ3) is 3.62. The van der Waals surface area contributed by atoms with Crippen molar-refractivity contribution in [2.24, 2.45) is 7.05 Å². The molecule has 1 saturated heterocycles. The number of imidazole rings is 1. The first-order valence-corrected chi connectivity index (χ1v) is 9.83. The Hall–Kier alpha value is -3.16. The molecule has 1 unspecified atom stereocenters. The number of aryl methyl sites for hydroxylation is 2. The van der Waals surface area contributed by atoms with Crippen molar-refractivity contribution in [1.29, 1.82) is 0 Å². The van der Waals surface area contributed by atoms with Crippen molar-refractivity contribution < 1.29 is 14.3 Å². The summed E-state index contributed by atoms with van der Waals surface area (Å²) in [6.07, 6.45) is 2.64. The summed E-state index contributed by atoms with van der Waals surface area (Å²) in [5.41, 5.74) is 3.40. The highest BCUT2D eigenvalue weighted by molar-refractivity contribution is 5.78. The molecule has 1 atom stereocenters. The van der Waals surface area contributed by atoms with E-state index in [0.29, 0.717) is 42.6 Å². The molecule has 0 radical (unpaired) electrons. The van der Waals surface area contributed by atoms with E-state index in [4.69, 9.17) is 9.47 Å². The first kappa shape index (κ1) is 19.2. The number of carbonyl (C=O) groups is 1. The first-order valence-electron chi connectivity index (χ1n) is 9.83. The third-order valence-electron chi connectivity index (χ3n) is 5.42. The van der Waals surface area contributed by atoms with Crippen LogP contribution in [0, 0.1) is 13.8 Å². The van der Waals surface area contributed by atoms with Crippen molar-refractivity contribution in [3.63, 3.8) is 0 Å². The van der Waals surface area contributed by atoms with E-state index in [-0.39, 0.29) is 12.0 Å². The molecule has 0 N–H and O–H groups in total. The smallest absolute Gasteiger partial charge is 0.304 e. The quantitative estimate of drug-likeness (QED) is 0.660. The third-order valence-corrected chi connectivity index (χ3v) is 5.42. The van der Waals surface area contributed by atoms with Gasteiger partial charge in [0.2, 0.25) is 11.8 Å². The van der Waals surface area contributed by atoms with Gasteiger partial charge in [-0.25, -0.2) is 4.98 Å². The molecule has 1 aliphatic heterocycles. The standard InChI is InChI=1S/C21H25N5O3/c1-5-17(27)26-10-9-15(11-26)28-20-18-19(22-12-23-20)25(4)21(24-18)29-16-8-6-7-13(2)14(16)3/h6-8,12,15H,5,9-11H2,1-4H3. The van der Waals surface area contributed by atoms with Crippen LogP contribution in [0.15, 0.2) is 24.5 Å². The second kappa shape index (κ2) is 7.69. The highest BCUT2D eigenvalue weighted by atomic mass is 16.5. The molecule has 4 rings (SSSR count). The van der Waals surface area contributed by atoms with E-state index in [1.807, 2.05) is 50.9 Å². The van der Waals surface area contributed by atoms with Crippen LogP contribution in [0.4, 0.5) is 0 Å². The van der Waals surface area contributed by atoms with Crippen molar-refractivity contribution in [1.82, 2.24) is 24.4 Å². The van der Waals surface area contributed by atoms with Gasteiger partial charge in [0.15, 0.2) is 11.2 Å². The minimum atomic E-state index is -0.103. The number of amides is 1. The van der Waals surface area contributed by atoms with E-state index in [1.54, 1.807) is 4.57 Å². The monoisotopic (exact) mass is 395 g/mol. The van der Waals surface area contributed by atoms with Crippen molar-refractivity contribution in [2.75, 3.05) is 13.1 Å². The molecule has 3 heterocycles. The van der Waals surface area contributed by atoms with Crippen LogP contribution in [0.2, 0.25) is 0 Å². The predicted molar refractivity (Wildman–Crippen MR) is 108 cm³/mol. The molecule has 0 saturated carbocycles. The molecule has 0 aliphatic carbocycles. The van der Waals surface area contributed by atoms with Gasteiger partial charge in [0.25, 0.3) is 0 Å². The van der Waals surface area contributed by atoms with E-state index >= 15 is 0 Å². The predicted octanol–water partition coefficient (Wildman–Crippen LogP) is 3.16. The van der Waals surface area contributed by atoms with E-state index in [1.165, 1.54) is 6.33 Å². The fraction of sp³-hybridized carbons (Fsp3) is 0.429. The Bertz CT molecular complexity index is 1060. The lowest BCUT2D eigenvalue weighted by atomic mass is 10.1. The molecular formula is C21H25N5O3. The fourth-order valence-electron chi connectivity index (χ4n) is 3.50. The maximum atomic E-state index is 11.9. The average molecular weight is 395 g/mol. The van der Waals surface area contributed by atoms with Gasteiger partial charge in [-0.15, -0.1) is 0 Å². The number of fused-ring (bicyclic) bond motifs is 1. The van der Waals surface area contributed by atoms with E-state index in [9.17, 15) is 4.79 Å². The van der Waals surface area contributed by atoms with Gasteiger partial charge in [-0.1, -0.05) is 19.1 Å². The molecule has 3 aromatic rings. The maximum absolute atomic E-state index is 11.9. The molecule has 8 heteroatoms. The number of nitrogens with zero attached hydrogens (tertiary/aromatic N) is 5. The Labute approximate surface area is 169 Å². The summed E-state index contributed by atoms with van der Waals surface area (Å²) >= 11 is 0. The highest BCUT2D eigenvalue weighted by Crippen LogP contribution is 2.31. The summed E-state index contributed by atoms with van der Waals surface area (Å²) in [7, 11) is 1.85. The number of benzene rings is 1. The summed E-state index contributed by atoms with van der Waals surface area (Å²) in [4.78, 5) is 27.0. The SMILES string of the molecule is CCC(=O)N1CCC(Oc2ncnc3c2nc(Oc2cccc(C)c2C)n3C)C1. The molecular weight excluding hydrogens is 370 g/mol. The van der Waals surface area contributed by atoms with Crippen LogP contribution in [0.1, 0.15) is 30.9 Å². The summed E-state index contributed by atoms with van der Waals surface area (Å²) in [6, 6.07) is 6.34. The molecule has 152 valence electrons. The zero-order valence-corrected chi connectivity index (χ0v) is 17.2. The van der Waals surface area contributed by atoms with Crippen molar-refractivity contribution in [2.45, 2.75) is 39.7 Å². The van der Waals surface area contributed by atoms with Gasteiger partial charge < -0.3 is 14.4 Å². The van der Waals surface area contributed by atoms with Gasteiger partial charge in [0, 0.05) is 26.4 Å². The number of carbonyl (C=O) groups excluding carboxylic acids is 1. The van der Waals surface area contributed by atoms with Crippen LogP contribution < -0.4 is 9.47 Å². The van der Waals surface area contributed by atoms with E-state index in [2.05, 4.69) is 15.0 Å². The lowest BCUT2D eigenvalue weighted by molar-refractivity contribution is -0.130. The number of ether oxygens (including phenoxy) is 2. The zero-order valence-electron chi connectivity index (χ0n) is 17.2. The minimum absolute atomic E-state index is 0.103. The van der Waals surface area contributed by atoms with Gasteiger partial charge in [0.1, 0.15) is 18.2 Å². The normalized spacial score (nSPS) is 16.4. The number of hydrogen-bond acceptors (Lipinski definition) is 6. The molecule has 1 aromatic carbocycles. The highest BCUT2D eigenvalue weighted by Gasteiger charge is 2.28. The van der Waals surface area contributed by atoms with Crippen molar-refractivity contribution in [3.8, 4) is 17.6 Å². The van der Waals surface area contributed by atoms with Gasteiger partial charge in [-0.05, 0) is 31.0 Å². The number of aromatic nitrogens is 4. The number of hydrogen-bond donors (Lipinski definition) is 0. The summed E-state index contributed by atoms with van der Waals surface area (Å²) in [6.45, 7) is 7.20. The van der Waals surface area contributed by atoms with E-state index < -0.39 is 0 Å². The molecule has 1 amide bonds. The van der Waals surface area contributed by atoms with Gasteiger partial charge in [-0.3, -0.25) is 9.36 Å². The molecule has 1 fully saturated rings. The Balaban J connectivity index is 1.60. The Kier molecular flexibility index (Phi) is 5.08. The van der Waals surface area contributed by atoms with Crippen molar-refractivity contribution in [3.05, 3.63) is 35.7 Å². The van der Waals surface area contributed by atoms with Crippen molar-refractivity contribution >= 4 is 17.1 Å². The fourth-order valence-corrected chi connectivity index (χ4v) is 3.50. The number of rotatable bonds is 5. The maximum Gasteiger partial charge on any atom is 0.304 e. The molecule has 29 heavy (non-hydrogen) atoms. The van der Waals surface area contributed by atoms with E-state index in [0.717, 1.165) is 23.3 Å². The van der Waals surface area contributed by atoms with Gasteiger partial charge in [-0.2, -0.15) is 9.97 Å². The lowest BCUT2D eigenvalue weighted by Crippen LogP contribution is -2.30. The first-order chi connectivity index (χ1) is 14.0. The molecule has 2 aromatic heterocycles. The Morgan fingerprint density at radius 2 is 2.10 bits per heavy atom. The Morgan fingerprint density at radius 1 is 1.28 bits per heavy atom. The largest absolute Gasteiger partial charge is 0.471 e. The lowest BCUT2D eigenvalue weighted by Gasteiger charge is -2.16. The number of likely N-dealkylation sites (tertiary alicyclic amines) is 1. The van der Waals surface area contributed by atoms with Crippen LogP contribution in [0.25, 0.3) is 11.2 Å². The molecule has 8 nitrogen and oxygen atoms in total. The van der Waals surface area contributed by atoms with Gasteiger partial charge >= 0.3 is 6.01 Å². The van der Waals surface area contributed by atoms with Crippen LogP contribution in [0.5, 0.6) is 17.6 Å². The summed E-state index contributed by atoms with van der Waals surface area (Å²) < 4.78 is 14.0. The second-order valence-electron chi connectivity index (χ2n) is 7.33. The molecule has 1 aliphatic rings. The summed E-state index contributed by atoms with van der Waals surface area (Å²) in [5.74, 6) is 1.31. The molecule has 0 spiro atoms. The molecule has 0 bridgehead atoms.